The van der Waals surface area contributed by atoms with Gasteiger partial charge in [-0.3, -0.25) is 15.1 Å². The molecule has 0 atom stereocenters. The van der Waals surface area contributed by atoms with Crippen LogP contribution in [0, 0.1) is 17.0 Å². The van der Waals surface area contributed by atoms with Crippen LogP contribution in [0.3, 0.4) is 0 Å². The number of hydrogen-bond acceptors (Lipinski definition) is 5. The van der Waals surface area contributed by atoms with E-state index in [4.69, 9.17) is 5.73 Å². The van der Waals surface area contributed by atoms with Gasteiger partial charge in [-0.25, -0.2) is 0 Å². The Bertz CT molecular complexity index is 875. The number of hydrogen-bond donors (Lipinski definition) is 1. The number of fused-ring (bicyclic) bond motifs is 1. The topological polar surface area (TPSA) is 82.0 Å². The molecule has 0 unspecified atom stereocenters. The van der Waals surface area contributed by atoms with Crippen molar-refractivity contribution in [2.45, 2.75) is 16.7 Å². The number of rotatable bonds is 3. The van der Waals surface area contributed by atoms with Crippen molar-refractivity contribution in [1.82, 2.24) is 4.98 Å². The number of pyridine rings is 1. The standard InChI is InChI=1S/C16H13N3O2S/c1-10-7-13(17)14(19(20)21)8-16(10)22-15-4-2-3-11-9-18-6-5-12(11)15/h2-9H,17H2,1H3. The number of benzene rings is 2. The first-order chi connectivity index (χ1) is 10.6. The Hall–Kier alpha value is -2.60. The van der Waals surface area contributed by atoms with Crippen LogP contribution in [-0.2, 0) is 0 Å². The number of nitro benzene ring substituents is 1. The number of nitro groups is 1. The molecule has 1 aromatic heterocycles. The maximum Gasteiger partial charge on any atom is 0.293 e. The highest BCUT2D eigenvalue weighted by molar-refractivity contribution is 7.99. The van der Waals surface area contributed by atoms with Crippen LogP contribution in [0.2, 0.25) is 0 Å². The lowest BCUT2D eigenvalue weighted by molar-refractivity contribution is -0.384. The molecule has 3 aromatic rings. The van der Waals surface area contributed by atoms with Crippen molar-refractivity contribution >= 4 is 33.9 Å². The van der Waals surface area contributed by atoms with Gasteiger partial charge in [-0.2, -0.15) is 0 Å². The molecule has 0 saturated heterocycles. The summed E-state index contributed by atoms with van der Waals surface area (Å²) in [5, 5.41) is 13.2. The second-order valence-corrected chi connectivity index (χ2v) is 5.97. The Morgan fingerprint density at radius 3 is 2.82 bits per heavy atom. The lowest BCUT2D eigenvalue weighted by atomic mass is 10.2. The molecule has 110 valence electrons. The van der Waals surface area contributed by atoms with E-state index in [0.29, 0.717) is 0 Å². The van der Waals surface area contributed by atoms with E-state index in [-0.39, 0.29) is 11.4 Å². The van der Waals surface area contributed by atoms with Crippen LogP contribution < -0.4 is 5.73 Å². The van der Waals surface area contributed by atoms with Gasteiger partial charge < -0.3 is 5.73 Å². The summed E-state index contributed by atoms with van der Waals surface area (Å²) < 4.78 is 0. The van der Waals surface area contributed by atoms with Crippen molar-refractivity contribution in [3.8, 4) is 0 Å². The molecule has 0 fully saturated rings. The summed E-state index contributed by atoms with van der Waals surface area (Å²) in [6, 6.07) is 11.1. The van der Waals surface area contributed by atoms with Gasteiger partial charge >= 0.3 is 0 Å². The van der Waals surface area contributed by atoms with Crippen LogP contribution in [0.4, 0.5) is 11.4 Å². The van der Waals surface area contributed by atoms with Crippen LogP contribution in [0.25, 0.3) is 10.8 Å². The summed E-state index contributed by atoms with van der Waals surface area (Å²) in [5.74, 6) is 0. The fourth-order valence-corrected chi connectivity index (χ4v) is 3.34. The minimum atomic E-state index is -0.453. The van der Waals surface area contributed by atoms with Gasteiger partial charge in [0, 0.05) is 33.6 Å². The van der Waals surface area contributed by atoms with Crippen molar-refractivity contribution in [2.24, 2.45) is 0 Å². The number of nitrogen functional groups attached to an aromatic ring is 1. The van der Waals surface area contributed by atoms with Gasteiger partial charge in [-0.15, -0.1) is 0 Å². The van der Waals surface area contributed by atoms with Crippen LogP contribution in [0.1, 0.15) is 5.56 Å². The number of nitrogens with zero attached hydrogens (tertiary/aromatic N) is 2. The van der Waals surface area contributed by atoms with Gasteiger partial charge in [-0.1, -0.05) is 23.9 Å². The first-order valence-electron chi connectivity index (χ1n) is 6.61. The largest absolute Gasteiger partial charge is 0.393 e. The SMILES string of the molecule is Cc1cc(N)c([N+](=O)[O-])cc1Sc1cccc2cnccc12. The third-order valence-corrected chi connectivity index (χ3v) is 4.62. The predicted molar refractivity (Wildman–Crippen MR) is 88.1 cm³/mol. The second kappa shape index (κ2) is 5.65. The van der Waals surface area contributed by atoms with E-state index in [9.17, 15) is 10.1 Å². The number of aryl methyl sites for hydroxylation is 1. The molecule has 0 amide bonds. The zero-order valence-electron chi connectivity index (χ0n) is 11.8. The average molecular weight is 311 g/mol. The maximum absolute atomic E-state index is 11.1. The molecule has 2 aromatic carbocycles. The molecule has 0 aliphatic rings. The van der Waals surface area contributed by atoms with E-state index in [1.165, 1.54) is 17.8 Å². The van der Waals surface area contributed by atoms with E-state index in [1.54, 1.807) is 18.5 Å². The van der Waals surface area contributed by atoms with Gasteiger partial charge in [0.25, 0.3) is 5.69 Å². The average Bonchev–Trinajstić information content (AvgIpc) is 2.50. The molecule has 0 spiro atoms. The van der Waals surface area contributed by atoms with Crippen LogP contribution in [0.15, 0.2) is 58.6 Å². The molecule has 0 radical (unpaired) electrons. The Kier molecular flexibility index (Phi) is 3.68. The lowest BCUT2D eigenvalue weighted by Gasteiger charge is -2.09. The molecule has 2 N–H and O–H groups in total. The van der Waals surface area contributed by atoms with Gasteiger partial charge in [0.1, 0.15) is 5.69 Å². The van der Waals surface area contributed by atoms with Crippen molar-refractivity contribution < 1.29 is 4.92 Å². The fourth-order valence-electron chi connectivity index (χ4n) is 2.27. The van der Waals surface area contributed by atoms with E-state index in [1.807, 2.05) is 31.2 Å². The highest BCUT2D eigenvalue weighted by atomic mass is 32.2. The van der Waals surface area contributed by atoms with Crippen molar-refractivity contribution in [2.75, 3.05) is 5.73 Å². The van der Waals surface area contributed by atoms with Gasteiger partial charge in [-0.05, 0) is 36.1 Å². The molecule has 5 nitrogen and oxygen atoms in total. The normalized spacial score (nSPS) is 10.8. The Balaban J connectivity index is 2.09. The van der Waals surface area contributed by atoms with Crippen molar-refractivity contribution in [3.05, 3.63) is 64.5 Å². The first kappa shape index (κ1) is 14.3. The van der Waals surface area contributed by atoms with E-state index >= 15 is 0 Å². The van der Waals surface area contributed by atoms with Gasteiger partial charge in [0.2, 0.25) is 0 Å². The van der Waals surface area contributed by atoms with Gasteiger partial charge in [0.05, 0.1) is 4.92 Å². The minimum absolute atomic E-state index is 0.0602. The fraction of sp³-hybridized carbons (Fsp3) is 0.0625. The van der Waals surface area contributed by atoms with Crippen LogP contribution >= 0.6 is 11.8 Å². The molecular weight excluding hydrogens is 298 g/mol. The van der Waals surface area contributed by atoms with Crippen molar-refractivity contribution in [1.29, 1.82) is 0 Å². The van der Waals surface area contributed by atoms with Crippen molar-refractivity contribution in [3.63, 3.8) is 0 Å². The van der Waals surface area contributed by atoms with Crippen LogP contribution in [-0.4, -0.2) is 9.91 Å². The third-order valence-electron chi connectivity index (χ3n) is 3.38. The van der Waals surface area contributed by atoms with E-state index < -0.39 is 4.92 Å². The zero-order valence-corrected chi connectivity index (χ0v) is 12.6. The third kappa shape index (κ3) is 2.60. The highest BCUT2D eigenvalue weighted by Crippen LogP contribution is 2.38. The van der Waals surface area contributed by atoms with E-state index in [0.717, 1.165) is 26.1 Å². The first-order valence-corrected chi connectivity index (χ1v) is 7.43. The summed E-state index contributed by atoms with van der Waals surface area (Å²) in [6.07, 6.45) is 3.54. The number of nitrogens with two attached hydrogens (primary N) is 1. The summed E-state index contributed by atoms with van der Waals surface area (Å²) in [7, 11) is 0. The zero-order chi connectivity index (χ0) is 15.7. The van der Waals surface area contributed by atoms with E-state index in [2.05, 4.69) is 4.98 Å². The monoisotopic (exact) mass is 311 g/mol. The number of anilines is 1. The summed E-state index contributed by atoms with van der Waals surface area (Å²) in [6.45, 7) is 1.90. The predicted octanol–water partition coefficient (Wildman–Crippen LogP) is 4.18. The summed E-state index contributed by atoms with van der Waals surface area (Å²) in [5.41, 5.74) is 6.76. The number of aromatic nitrogens is 1. The summed E-state index contributed by atoms with van der Waals surface area (Å²) >= 11 is 1.50. The van der Waals surface area contributed by atoms with Gasteiger partial charge in [0.15, 0.2) is 0 Å². The molecule has 0 aliphatic heterocycles. The maximum atomic E-state index is 11.1. The molecule has 0 bridgehead atoms. The molecule has 6 heteroatoms. The van der Waals surface area contributed by atoms with Crippen LogP contribution in [0.5, 0.6) is 0 Å². The minimum Gasteiger partial charge on any atom is -0.393 e. The molecule has 0 aliphatic carbocycles. The summed E-state index contributed by atoms with van der Waals surface area (Å²) in [4.78, 5) is 16.6. The molecule has 22 heavy (non-hydrogen) atoms. The molecule has 0 saturated carbocycles. The Morgan fingerprint density at radius 2 is 2.05 bits per heavy atom. The Morgan fingerprint density at radius 1 is 1.23 bits per heavy atom. The second-order valence-electron chi connectivity index (χ2n) is 4.89. The molecule has 1 heterocycles. The molecule has 3 rings (SSSR count). The quantitative estimate of drug-likeness (QED) is 0.445. The smallest absolute Gasteiger partial charge is 0.293 e. The lowest BCUT2D eigenvalue weighted by Crippen LogP contribution is -1.97. The molecular formula is C16H13N3O2S. The Labute approximate surface area is 131 Å². The highest BCUT2D eigenvalue weighted by Gasteiger charge is 2.15.